The summed E-state index contributed by atoms with van der Waals surface area (Å²) >= 11 is 4.88. The molecular formula is C12H10BBrN3O3S. The third kappa shape index (κ3) is 4.12. The van der Waals surface area contributed by atoms with E-state index in [1.165, 1.54) is 18.0 Å². The van der Waals surface area contributed by atoms with Gasteiger partial charge in [-0.25, -0.2) is 0 Å². The van der Waals surface area contributed by atoms with E-state index in [1.807, 2.05) is 24.5 Å². The van der Waals surface area contributed by atoms with E-state index in [1.54, 1.807) is 0 Å². The van der Waals surface area contributed by atoms with Crippen LogP contribution in [0, 0.1) is 0 Å². The summed E-state index contributed by atoms with van der Waals surface area (Å²) in [7, 11) is 1.12. The SMILES string of the molecule is CSc1ccc(Br)cc1NC(=O)c1coc(N[B]C=O)n1. The van der Waals surface area contributed by atoms with E-state index in [0.717, 1.165) is 16.8 Å². The van der Waals surface area contributed by atoms with Crippen LogP contribution >= 0.6 is 27.7 Å². The number of hydrogen-bond acceptors (Lipinski definition) is 6. The van der Waals surface area contributed by atoms with Gasteiger partial charge in [0.05, 0.1) is 5.69 Å². The third-order valence-corrected chi connectivity index (χ3v) is 3.71. The fourth-order valence-electron chi connectivity index (χ4n) is 1.51. The molecule has 0 saturated carbocycles. The summed E-state index contributed by atoms with van der Waals surface area (Å²) in [6.07, 6.45) is 3.69. The Morgan fingerprint density at radius 1 is 1.52 bits per heavy atom. The molecule has 0 spiro atoms. The Morgan fingerprint density at radius 3 is 3.05 bits per heavy atom. The summed E-state index contributed by atoms with van der Waals surface area (Å²) < 4.78 is 5.88. The maximum atomic E-state index is 12.1. The molecule has 0 aliphatic carbocycles. The van der Waals surface area contributed by atoms with Crippen molar-refractivity contribution in [1.82, 2.24) is 4.98 Å². The van der Waals surface area contributed by atoms with Gasteiger partial charge in [-0.05, 0) is 24.5 Å². The van der Waals surface area contributed by atoms with Gasteiger partial charge in [-0.15, -0.1) is 11.8 Å². The van der Waals surface area contributed by atoms with Gasteiger partial charge in [0.1, 0.15) is 12.4 Å². The van der Waals surface area contributed by atoms with Crippen LogP contribution in [0.5, 0.6) is 0 Å². The van der Waals surface area contributed by atoms with Crippen molar-refractivity contribution in [2.75, 3.05) is 16.8 Å². The number of thioether (sulfide) groups is 1. The quantitative estimate of drug-likeness (QED) is 0.464. The second-order valence-electron chi connectivity index (χ2n) is 3.78. The summed E-state index contributed by atoms with van der Waals surface area (Å²) in [5.74, 6) is -0.397. The van der Waals surface area contributed by atoms with Gasteiger partial charge in [-0.1, -0.05) is 15.9 Å². The highest BCUT2D eigenvalue weighted by atomic mass is 79.9. The highest BCUT2D eigenvalue weighted by Crippen LogP contribution is 2.28. The smallest absolute Gasteiger partial charge is 0.329 e. The number of oxazole rings is 1. The van der Waals surface area contributed by atoms with Crippen LogP contribution in [0.25, 0.3) is 0 Å². The van der Waals surface area contributed by atoms with Crippen molar-refractivity contribution in [3.63, 3.8) is 0 Å². The van der Waals surface area contributed by atoms with Gasteiger partial charge in [0, 0.05) is 9.37 Å². The number of anilines is 2. The highest BCUT2D eigenvalue weighted by Gasteiger charge is 2.14. The predicted octanol–water partition coefficient (Wildman–Crippen LogP) is 2.63. The van der Waals surface area contributed by atoms with E-state index in [9.17, 15) is 9.59 Å². The van der Waals surface area contributed by atoms with Crippen molar-refractivity contribution in [2.45, 2.75) is 4.90 Å². The highest BCUT2D eigenvalue weighted by molar-refractivity contribution is 9.10. The van der Waals surface area contributed by atoms with Crippen molar-refractivity contribution >= 4 is 58.9 Å². The zero-order valence-electron chi connectivity index (χ0n) is 10.9. The van der Waals surface area contributed by atoms with E-state index >= 15 is 0 Å². The minimum atomic E-state index is -0.397. The van der Waals surface area contributed by atoms with Gasteiger partial charge >= 0.3 is 7.41 Å². The lowest BCUT2D eigenvalue weighted by Crippen LogP contribution is -2.13. The maximum Gasteiger partial charge on any atom is 0.329 e. The molecule has 107 valence electrons. The lowest BCUT2D eigenvalue weighted by Gasteiger charge is -2.08. The minimum Gasteiger partial charge on any atom is -0.432 e. The molecule has 6 nitrogen and oxygen atoms in total. The number of benzene rings is 1. The molecule has 0 bridgehead atoms. The molecule has 1 aromatic heterocycles. The molecule has 1 aromatic carbocycles. The lowest BCUT2D eigenvalue weighted by atomic mass is 10.0. The van der Waals surface area contributed by atoms with Crippen LogP contribution in [-0.4, -0.2) is 30.7 Å². The van der Waals surface area contributed by atoms with Crippen molar-refractivity contribution in [1.29, 1.82) is 0 Å². The number of aromatic nitrogens is 1. The first-order valence-corrected chi connectivity index (χ1v) is 7.79. The molecular weight excluding hydrogens is 357 g/mol. The zero-order chi connectivity index (χ0) is 15.2. The van der Waals surface area contributed by atoms with Gasteiger partial charge in [-0.2, -0.15) is 4.98 Å². The second-order valence-corrected chi connectivity index (χ2v) is 5.55. The number of amides is 1. The third-order valence-electron chi connectivity index (χ3n) is 2.42. The number of halogens is 1. The van der Waals surface area contributed by atoms with Gasteiger partial charge in [0.15, 0.2) is 5.69 Å². The van der Waals surface area contributed by atoms with Crippen LogP contribution in [0.15, 0.2) is 38.2 Å². The van der Waals surface area contributed by atoms with E-state index in [2.05, 4.69) is 31.5 Å². The monoisotopic (exact) mass is 366 g/mol. The average molecular weight is 367 g/mol. The topological polar surface area (TPSA) is 84.2 Å². The molecule has 0 unspecified atom stereocenters. The first-order chi connectivity index (χ1) is 10.1. The second kappa shape index (κ2) is 7.32. The molecule has 0 aliphatic rings. The lowest BCUT2D eigenvalue weighted by molar-refractivity contribution is 0.102. The van der Waals surface area contributed by atoms with Crippen LogP contribution in [0.3, 0.4) is 0 Å². The standard InChI is InChI=1S/C12H10BBrN3O3S/c1-21-10-3-2-7(14)4-8(10)15-11(19)9-5-20-12(16-9)17-13-6-18/h2-6H,1H3,(H,15,19)(H,16,17). The van der Waals surface area contributed by atoms with Gasteiger partial charge in [0.25, 0.3) is 11.9 Å². The molecule has 21 heavy (non-hydrogen) atoms. The molecule has 2 N–H and O–H groups in total. The van der Waals surface area contributed by atoms with Gasteiger partial charge < -0.3 is 19.8 Å². The van der Waals surface area contributed by atoms with E-state index in [4.69, 9.17) is 4.42 Å². The van der Waals surface area contributed by atoms with Crippen molar-refractivity contribution < 1.29 is 14.0 Å². The normalized spacial score (nSPS) is 10.0. The summed E-state index contributed by atoms with van der Waals surface area (Å²) in [4.78, 5) is 27.2. The van der Waals surface area contributed by atoms with Crippen LogP contribution in [0.4, 0.5) is 11.7 Å². The molecule has 2 aromatic rings. The summed E-state index contributed by atoms with van der Waals surface area (Å²) in [5, 5.41) is 5.27. The van der Waals surface area contributed by atoms with E-state index in [0.29, 0.717) is 11.9 Å². The number of nitrogens with one attached hydrogen (secondary N) is 2. The largest absolute Gasteiger partial charge is 0.432 e. The first kappa shape index (κ1) is 15.6. The maximum absolute atomic E-state index is 12.1. The fraction of sp³-hybridized carbons (Fsp3) is 0.0833. The predicted molar refractivity (Wildman–Crippen MR) is 86.5 cm³/mol. The molecule has 0 atom stereocenters. The number of carbonyl (C=O) groups excluding carboxylic acids is 2. The number of nitrogens with zero attached hydrogens (tertiary/aromatic N) is 1. The minimum absolute atomic E-state index is 0.0755. The Kier molecular flexibility index (Phi) is 5.46. The zero-order valence-corrected chi connectivity index (χ0v) is 13.3. The Balaban J connectivity index is 2.12. The van der Waals surface area contributed by atoms with Gasteiger partial charge in [0.2, 0.25) is 0 Å². The van der Waals surface area contributed by atoms with Crippen molar-refractivity contribution in [2.24, 2.45) is 0 Å². The van der Waals surface area contributed by atoms with Crippen molar-refractivity contribution in [3.05, 3.63) is 34.6 Å². The van der Waals surface area contributed by atoms with E-state index in [-0.39, 0.29) is 11.7 Å². The summed E-state index contributed by atoms with van der Waals surface area (Å²) in [6.45, 7) is 0. The summed E-state index contributed by atoms with van der Waals surface area (Å²) in [5.41, 5.74) is 0.794. The average Bonchev–Trinajstić information content (AvgIpc) is 2.94. The first-order valence-electron chi connectivity index (χ1n) is 5.78. The number of hydrogen-bond donors (Lipinski definition) is 2. The Bertz CT molecular complexity index is 665. The molecule has 9 heteroatoms. The molecule has 0 aliphatic heterocycles. The number of rotatable bonds is 6. The number of carbonyl (C=O) groups is 2. The van der Waals surface area contributed by atoms with Crippen LogP contribution < -0.4 is 10.5 Å². The molecule has 2 rings (SSSR count). The van der Waals surface area contributed by atoms with Crippen LogP contribution in [0.2, 0.25) is 0 Å². The van der Waals surface area contributed by atoms with Crippen molar-refractivity contribution in [3.8, 4) is 0 Å². The molecule has 0 saturated heterocycles. The van der Waals surface area contributed by atoms with E-state index < -0.39 is 5.91 Å². The molecule has 1 heterocycles. The Labute approximate surface area is 134 Å². The molecule has 0 fully saturated rings. The summed E-state index contributed by atoms with van der Waals surface area (Å²) in [6, 6.07) is 5.68. The molecule has 1 amide bonds. The van der Waals surface area contributed by atoms with Crippen LogP contribution in [-0.2, 0) is 4.79 Å². The fourth-order valence-corrected chi connectivity index (χ4v) is 2.41. The Morgan fingerprint density at radius 2 is 2.33 bits per heavy atom. The Hall–Kier alpha value is -1.74. The molecule has 1 radical (unpaired) electrons. The van der Waals surface area contributed by atoms with Gasteiger partial charge in [-0.3, -0.25) is 4.79 Å². The van der Waals surface area contributed by atoms with Crippen LogP contribution in [0.1, 0.15) is 10.5 Å².